The lowest BCUT2D eigenvalue weighted by molar-refractivity contribution is 0.282. The molecule has 0 aliphatic rings. The van der Waals surface area contributed by atoms with Crippen molar-refractivity contribution in [3.63, 3.8) is 0 Å². The van der Waals surface area contributed by atoms with Gasteiger partial charge in [-0.1, -0.05) is 12.1 Å². The van der Waals surface area contributed by atoms with E-state index in [1.807, 2.05) is 24.6 Å². The molecule has 0 bridgehead atoms. The summed E-state index contributed by atoms with van der Waals surface area (Å²) >= 11 is 0. The highest BCUT2D eigenvalue weighted by Gasteiger charge is 2.08. The van der Waals surface area contributed by atoms with E-state index in [2.05, 4.69) is 10.1 Å². The number of nitrogens with one attached hydrogen (secondary N) is 1. The third kappa shape index (κ3) is 3.09. The highest BCUT2D eigenvalue weighted by atomic mass is 16.5. The minimum absolute atomic E-state index is 0.0239. The van der Waals surface area contributed by atoms with Gasteiger partial charge in [0.25, 0.3) is 0 Å². The van der Waals surface area contributed by atoms with E-state index in [0.717, 1.165) is 5.82 Å². The molecule has 3 N–H and O–H groups in total. The summed E-state index contributed by atoms with van der Waals surface area (Å²) in [4.78, 5) is 4.17. The molecule has 1 aromatic heterocycles. The molecule has 0 saturated carbocycles. The first-order valence-corrected chi connectivity index (χ1v) is 6.03. The van der Waals surface area contributed by atoms with E-state index in [1.165, 1.54) is 6.33 Å². The van der Waals surface area contributed by atoms with Gasteiger partial charge >= 0.3 is 0 Å². The maximum absolute atomic E-state index is 7.39. The SMILES string of the molecule is CC(C)n1ncnc1COc1cccc(C(=N)N)c1. The Morgan fingerprint density at radius 3 is 2.95 bits per heavy atom. The van der Waals surface area contributed by atoms with Crippen molar-refractivity contribution in [3.05, 3.63) is 42.0 Å². The Hall–Kier alpha value is -2.37. The van der Waals surface area contributed by atoms with Gasteiger partial charge in [-0.2, -0.15) is 5.10 Å². The highest BCUT2D eigenvalue weighted by Crippen LogP contribution is 2.15. The van der Waals surface area contributed by atoms with E-state index >= 15 is 0 Å². The Bertz CT molecular complexity index is 576. The fourth-order valence-corrected chi connectivity index (χ4v) is 1.71. The third-order valence-electron chi connectivity index (χ3n) is 2.65. The molecule has 0 radical (unpaired) electrons. The molecule has 6 nitrogen and oxygen atoms in total. The summed E-state index contributed by atoms with van der Waals surface area (Å²) in [7, 11) is 0. The molecule has 2 rings (SSSR count). The lowest BCUT2D eigenvalue weighted by Crippen LogP contribution is -2.12. The molecule has 19 heavy (non-hydrogen) atoms. The molecule has 1 heterocycles. The van der Waals surface area contributed by atoms with Crippen LogP contribution in [0.1, 0.15) is 31.3 Å². The summed E-state index contributed by atoms with van der Waals surface area (Å²) in [6.45, 7) is 4.41. The van der Waals surface area contributed by atoms with Gasteiger partial charge in [-0.15, -0.1) is 0 Å². The number of nitrogen functional groups attached to an aromatic ring is 1. The Morgan fingerprint density at radius 2 is 2.26 bits per heavy atom. The van der Waals surface area contributed by atoms with Gasteiger partial charge in [-0.05, 0) is 26.0 Å². The number of amidine groups is 1. The van der Waals surface area contributed by atoms with Crippen molar-refractivity contribution >= 4 is 5.84 Å². The Balaban J connectivity index is 2.08. The number of ether oxygens (including phenoxy) is 1. The highest BCUT2D eigenvalue weighted by molar-refractivity contribution is 5.95. The van der Waals surface area contributed by atoms with E-state index in [1.54, 1.807) is 18.2 Å². The molecule has 0 atom stereocenters. The minimum Gasteiger partial charge on any atom is -0.486 e. The number of nitrogens with zero attached hydrogens (tertiary/aromatic N) is 3. The number of hydrogen-bond donors (Lipinski definition) is 2. The van der Waals surface area contributed by atoms with Crippen LogP contribution in [-0.4, -0.2) is 20.6 Å². The average molecular weight is 259 g/mol. The van der Waals surface area contributed by atoms with Crippen LogP contribution in [0.5, 0.6) is 5.75 Å². The van der Waals surface area contributed by atoms with Gasteiger partial charge < -0.3 is 10.5 Å². The summed E-state index contributed by atoms with van der Waals surface area (Å²) < 4.78 is 7.47. The maximum Gasteiger partial charge on any atom is 0.165 e. The molecule has 0 fully saturated rings. The first-order valence-electron chi connectivity index (χ1n) is 6.03. The van der Waals surface area contributed by atoms with Crippen LogP contribution in [0.4, 0.5) is 0 Å². The zero-order valence-electron chi connectivity index (χ0n) is 11.0. The van der Waals surface area contributed by atoms with Crippen molar-refractivity contribution < 1.29 is 4.74 Å². The van der Waals surface area contributed by atoms with Crippen molar-refractivity contribution in [2.24, 2.45) is 5.73 Å². The average Bonchev–Trinajstić information content (AvgIpc) is 2.85. The quantitative estimate of drug-likeness (QED) is 0.632. The van der Waals surface area contributed by atoms with Crippen molar-refractivity contribution in [3.8, 4) is 5.75 Å². The summed E-state index contributed by atoms with van der Waals surface area (Å²) in [5, 5.41) is 11.5. The van der Waals surface area contributed by atoms with Crippen molar-refractivity contribution in [2.75, 3.05) is 0 Å². The van der Waals surface area contributed by atoms with Crippen molar-refractivity contribution in [2.45, 2.75) is 26.5 Å². The molecular formula is C13H17N5O. The summed E-state index contributed by atoms with van der Waals surface area (Å²) in [6, 6.07) is 7.37. The van der Waals surface area contributed by atoms with E-state index in [0.29, 0.717) is 17.9 Å². The zero-order valence-corrected chi connectivity index (χ0v) is 11.0. The lowest BCUT2D eigenvalue weighted by Gasteiger charge is -2.11. The van der Waals surface area contributed by atoms with Gasteiger partial charge in [0.15, 0.2) is 5.82 Å². The van der Waals surface area contributed by atoms with Crippen molar-refractivity contribution in [1.29, 1.82) is 5.41 Å². The van der Waals surface area contributed by atoms with Crippen LogP contribution in [0.3, 0.4) is 0 Å². The fourth-order valence-electron chi connectivity index (χ4n) is 1.71. The van der Waals surface area contributed by atoms with Crippen LogP contribution in [0, 0.1) is 5.41 Å². The van der Waals surface area contributed by atoms with Gasteiger partial charge in [0.05, 0.1) is 0 Å². The molecule has 2 aromatic rings. The number of benzene rings is 1. The molecule has 0 unspecified atom stereocenters. The van der Waals surface area contributed by atoms with Crippen LogP contribution in [0.2, 0.25) is 0 Å². The molecule has 0 aliphatic carbocycles. The summed E-state index contributed by atoms with van der Waals surface area (Å²) in [6.07, 6.45) is 1.52. The molecule has 0 aliphatic heterocycles. The molecule has 6 heteroatoms. The van der Waals surface area contributed by atoms with Crippen LogP contribution in [0.15, 0.2) is 30.6 Å². The van der Waals surface area contributed by atoms with Crippen LogP contribution < -0.4 is 10.5 Å². The molecule has 1 aromatic carbocycles. The standard InChI is InChI=1S/C13H17N5O/c1-9(2)18-12(16-8-17-18)7-19-11-5-3-4-10(6-11)13(14)15/h3-6,8-9H,7H2,1-2H3,(H3,14,15). The van der Waals surface area contributed by atoms with Gasteiger partial charge in [-0.3, -0.25) is 5.41 Å². The topological polar surface area (TPSA) is 89.8 Å². The first kappa shape index (κ1) is 13.1. The number of hydrogen-bond acceptors (Lipinski definition) is 4. The van der Waals surface area contributed by atoms with Crippen molar-refractivity contribution in [1.82, 2.24) is 14.8 Å². The fraction of sp³-hybridized carbons (Fsp3) is 0.308. The van der Waals surface area contributed by atoms with Gasteiger partial charge in [0, 0.05) is 11.6 Å². The van der Waals surface area contributed by atoms with Gasteiger partial charge in [0.2, 0.25) is 0 Å². The zero-order chi connectivity index (χ0) is 13.8. The molecular weight excluding hydrogens is 242 g/mol. The predicted molar refractivity (Wildman–Crippen MR) is 72.2 cm³/mol. The van der Waals surface area contributed by atoms with Crippen LogP contribution >= 0.6 is 0 Å². The second kappa shape index (κ2) is 5.51. The molecule has 0 amide bonds. The predicted octanol–water partition coefficient (Wildman–Crippen LogP) is 1.72. The maximum atomic E-state index is 7.39. The van der Waals surface area contributed by atoms with E-state index < -0.39 is 0 Å². The number of rotatable bonds is 5. The second-order valence-corrected chi connectivity index (χ2v) is 4.44. The third-order valence-corrected chi connectivity index (χ3v) is 2.65. The molecule has 0 saturated heterocycles. The first-order chi connectivity index (χ1) is 9.08. The monoisotopic (exact) mass is 259 g/mol. The normalized spacial score (nSPS) is 10.7. The van der Waals surface area contributed by atoms with E-state index in [9.17, 15) is 0 Å². The smallest absolute Gasteiger partial charge is 0.165 e. The molecule has 100 valence electrons. The summed E-state index contributed by atoms with van der Waals surface area (Å²) in [5.74, 6) is 1.45. The minimum atomic E-state index is 0.0239. The van der Waals surface area contributed by atoms with E-state index in [4.69, 9.17) is 15.9 Å². The largest absolute Gasteiger partial charge is 0.486 e. The molecule has 0 spiro atoms. The second-order valence-electron chi connectivity index (χ2n) is 4.44. The Kier molecular flexibility index (Phi) is 3.79. The Morgan fingerprint density at radius 1 is 1.47 bits per heavy atom. The lowest BCUT2D eigenvalue weighted by atomic mass is 10.2. The van der Waals surface area contributed by atoms with Gasteiger partial charge in [-0.25, -0.2) is 9.67 Å². The number of nitrogens with two attached hydrogens (primary N) is 1. The summed E-state index contributed by atoms with van der Waals surface area (Å²) in [5.41, 5.74) is 6.08. The van der Waals surface area contributed by atoms with Crippen LogP contribution in [-0.2, 0) is 6.61 Å². The number of aromatic nitrogens is 3. The van der Waals surface area contributed by atoms with Crippen LogP contribution in [0.25, 0.3) is 0 Å². The van der Waals surface area contributed by atoms with Gasteiger partial charge in [0.1, 0.15) is 24.5 Å². The van der Waals surface area contributed by atoms with E-state index in [-0.39, 0.29) is 11.9 Å². The Labute approximate surface area is 111 Å².